The topological polar surface area (TPSA) is 53.0 Å². The molecular formula is C20H28N2O3. The molecule has 0 spiro atoms. The van der Waals surface area contributed by atoms with Gasteiger partial charge in [-0.1, -0.05) is 19.1 Å². The summed E-state index contributed by atoms with van der Waals surface area (Å²) in [5.74, 6) is -0.00865. The lowest BCUT2D eigenvalue weighted by atomic mass is 9.94. The number of likely N-dealkylation sites (tertiary alicyclic amines) is 1. The highest BCUT2D eigenvalue weighted by Crippen LogP contribution is 2.32. The first-order valence-corrected chi connectivity index (χ1v) is 9.22. The summed E-state index contributed by atoms with van der Waals surface area (Å²) in [5, 5.41) is 9.74. The first kappa shape index (κ1) is 18.0. The second-order valence-electron chi connectivity index (χ2n) is 6.85. The van der Waals surface area contributed by atoms with Crippen molar-refractivity contribution in [2.24, 2.45) is 0 Å². The number of morpholine rings is 1. The van der Waals surface area contributed by atoms with Crippen LogP contribution in [-0.2, 0) is 9.53 Å². The van der Waals surface area contributed by atoms with Crippen LogP contribution in [-0.4, -0.2) is 60.9 Å². The van der Waals surface area contributed by atoms with Crippen molar-refractivity contribution in [3.63, 3.8) is 0 Å². The lowest BCUT2D eigenvalue weighted by Crippen LogP contribution is -2.49. The Hall–Kier alpha value is -1.85. The maximum atomic E-state index is 12.6. The number of ether oxygens (including phenoxy) is 1. The molecule has 2 heterocycles. The molecule has 1 aromatic rings. The molecular weight excluding hydrogens is 316 g/mol. The molecule has 0 saturated carbocycles. The number of rotatable bonds is 5. The van der Waals surface area contributed by atoms with Crippen molar-refractivity contribution >= 4 is 17.7 Å². The zero-order valence-electron chi connectivity index (χ0n) is 15.0. The molecule has 0 aromatic heterocycles. The molecule has 0 aliphatic carbocycles. The summed E-state index contributed by atoms with van der Waals surface area (Å²) in [6.45, 7) is 6.19. The number of nitrogens with zero attached hydrogens (tertiary/aromatic N) is 2. The first-order valence-electron chi connectivity index (χ1n) is 9.22. The fourth-order valence-electron chi connectivity index (χ4n) is 3.80. The Labute approximate surface area is 149 Å². The molecule has 5 nitrogen and oxygen atoms in total. The van der Waals surface area contributed by atoms with E-state index in [-0.39, 0.29) is 18.1 Å². The van der Waals surface area contributed by atoms with Gasteiger partial charge in [-0.15, -0.1) is 0 Å². The Morgan fingerprint density at radius 2 is 1.96 bits per heavy atom. The standard InChI is InChI=1S/C20H28N2O3/c1-2-20(16-23)10-3-11-22(20)19(24)9-6-17-4-7-18(8-5-17)21-12-14-25-15-13-21/h4-9,23H,2-3,10-16H2,1H3/b9-6+. The van der Waals surface area contributed by atoms with Crippen LogP contribution in [0, 0.1) is 0 Å². The van der Waals surface area contributed by atoms with E-state index in [9.17, 15) is 9.90 Å². The molecule has 1 unspecified atom stereocenters. The average Bonchev–Trinajstić information content (AvgIpc) is 3.12. The van der Waals surface area contributed by atoms with Gasteiger partial charge in [-0.2, -0.15) is 0 Å². The van der Waals surface area contributed by atoms with Crippen molar-refractivity contribution in [2.75, 3.05) is 44.4 Å². The molecule has 1 aromatic carbocycles. The van der Waals surface area contributed by atoms with Crippen LogP contribution in [0.1, 0.15) is 31.7 Å². The number of hydrogen-bond acceptors (Lipinski definition) is 4. The van der Waals surface area contributed by atoms with Crippen molar-refractivity contribution < 1.29 is 14.6 Å². The zero-order valence-corrected chi connectivity index (χ0v) is 15.0. The van der Waals surface area contributed by atoms with Crippen LogP contribution in [0.3, 0.4) is 0 Å². The van der Waals surface area contributed by atoms with Gasteiger partial charge >= 0.3 is 0 Å². The van der Waals surface area contributed by atoms with Gasteiger partial charge in [-0.3, -0.25) is 4.79 Å². The van der Waals surface area contributed by atoms with Gasteiger partial charge in [0.05, 0.1) is 25.4 Å². The smallest absolute Gasteiger partial charge is 0.247 e. The van der Waals surface area contributed by atoms with E-state index in [4.69, 9.17) is 4.74 Å². The summed E-state index contributed by atoms with van der Waals surface area (Å²) in [5.41, 5.74) is 1.83. The SMILES string of the molecule is CCC1(CO)CCCN1C(=O)/C=C/c1ccc(N2CCOCC2)cc1. The highest BCUT2D eigenvalue weighted by atomic mass is 16.5. The molecule has 25 heavy (non-hydrogen) atoms. The van der Waals surface area contributed by atoms with E-state index in [0.29, 0.717) is 0 Å². The molecule has 1 atom stereocenters. The number of benzene rings is 1. The number of aliphatic hydroxyl groups is 1. The van der Waals surface area contributed by atoms with Crippen molar-refractivity contribution in [1.29, 1.82) is 0 Å². The van der Waals surface area contributed by atoms with E-state index in [0.717, 1.165) is 57.7 Å². The van der Waals surface area contributed by atoms with Gasteiger partial charge in [-0.25, -0.2) is 0 Å². The Morgan fingerprint density at radius 1 is 1.24 bits per heavy atom. The first-order chi connectivity index (χ1) is 12.2. The highest BCUT2D eigenvalue weighted by Gasteiger charge is 2.40. The number of aliphatic hydroxyl groups excluding tert-OH is 1. The number of amides is 1. The van der Waals surface area contributed by atoms with Crippen LogP contribution < -0.4 is 4.90 Å². The summed E-state index contributed by atoms with van der Waals surface area (Å²) in [6, 6.07) is 8.26. The van der Waals surface area contributed by atoms with Crippen LogP contribution in [0.4, 0.5) is 5.69 Å². The fourth-order valence-corrected chi connectivity index (χ4v) is 3.80. The lowest BCUT2D eigenvalue weighted by molar-refractivity contribution is -0.131. The maximum Gasteiger partial charge on any atom is 0.247 e. The summed E-state index contributed by atoms with van der Waals surface area (Å²) >= 11 is 0. The van der Waals surface area contributed by atoms with E-state index in [2.05, 4.69) is 17.0 Å². The van der Waals surface area contributed by atoms with Crippen molar-refractivity contribution in [3.8, 4) is 0 Å². The van der Waals surface area contributed by atoms with Gasteiger partial charge in [0.2, 0.25) is 5.91 Å². The quantitative estimate of drug-likeness (QED) is 0.833. The van der Waals surface area contributed by atoms with Gasteiger partial charge in [0.1, 0.15) is 0 Å². The van der Waals surface area contributed by atoms with Crippen LogP contribution in [0.2, 0.25) is 0 Å². The molecule has 5 heteroatoms. The number of anilines is 1. The van der Waals surface area contributed by atoms with Crippen LogP contribution in [0.5, 0.6) is 0 Å². The number of carbonyl (C=O) groups is 1. The number of carbonyl (C=O) groups excluding carboxylic acids is 1. The van der Waals surface area contributed by atoms with E-state index in [1.54, 1.807) is 6.08 Å². The minimum absolute atomic E-state index is 0.00865. The summed E-state index contributed by atoms with van der Waals surface area (Å²) in [6.07, 6.45) is 6.13. The van der Waals surface area contributed by atoms with Gasteiger partial charge in [0, 0.05) is 31.4 Å². The largest absolute Gasteiger partial charge is 0.394 e. The molecule has 3 rings (SSSR count). The molecule has 2 fully saturated rings. The van der Waals surface area contributed by atoms with Crippen molar-refractivity contribution in [1.82, 2.24) is 4.90 Å². The third-order valence-corrected chi connectivity index (χ3v) is 5.50. The van der Waals surface area contributed by atoms with Crippen molar-refractivity contribution in [3.05, 3.63) is 35.9 Å². The number of hydrogen-bond donors (Lipinski definition) is 1. The van der Waals surface area contributed by atoms with Gasteiger partial charge in [0.25, 0.3) is 0 Å². The lowest BCUT2D eigenvalue weighted by Gasteiger charge is -2.35. The molecule has 1 amide bonds. The average molecular weight is 344 g/mol. The molecule has 2 aliphatic heterocycles. The normalized spacial score (nSPS) is 24.2. The Morgan fingerprint density at radius 3 is 2.60 bits per heavy atom. The van der Waals surface area contributed by atoms with Gasteiger partial charge in [0.15, 0.2) is 0 Å². The van der Waals surface area contributed by atoms with Crippen LogP contribution >= 0.6 is 0 Å². The molecule has 0 bridgehead atoms. The molecule has 2 aliphatic rings. The van der Waals surface area contributed by atoms with Gasteiger partial charge in [-0.05, 0) is 43.0 Å². The molecule has 1 N–H and O–H groups in total. The monoisotopic (exact) mass is 344 g/mol. The minimum atomic E-state index is -0.373. The van der Waals surface area contributed by atoms with Crippen LogP contribution in [0.15, 0.2) is 30.3 Å². The fraction of sp³-hybridized carbons (Fsp3) is 0.550. The maximum absolute atomic E-state index is 12.6. The van der Waals surface area contributed by atoms with E-state index >= 15 is 0 Å². The predicted octanol–water partition coefficient (Wildman–Crippen LogP) is 2.30. The second kappa shape index (κ2) is 8.02. The summed E-state index contributed by atoms with van der Waals surface area (Å²) < 4.78 is 5.38. The van der Waals surface area contributed by atoms with E-state index in [1.165, 1.54) is 5.69 Å². The molecule has 0 radical (unpaired) electrons. The highest BCUT2D eigenvalue weighted by molar-refractivity contribution is 5.92. The summed E-state index contributed by atoms with van der Waals surface area (Å²) in [7, 11) is 0. The Kier molecular flexibility index (Phi) is 5.76. The third-order valence-electron chi connectivity index (χ3n) is 5.50. The second-order valence-corrected chi connectivity index (χ2v) is 6.85. The van der Waals surface area contributed by atoms with Gasteiger partial charge < -0.3 is 19.6 Å². The molecule has 2 saturated heterocycles. The minimum Gasteiger partial charge on any atom is -0.394 e. The summed E-state index contributed by atoms with van der Waals surface area (Å²) in [4.78, 5) is 16.7. The third kappa shape index (κ3) is 3.88. The predicted molar refractivity (Wildman–Crippen MR) is 99.6 cm³/mol. The van der Waals surface area contributed by atoms with E-state index in [1.807, 2.05) is 30.0 Å². The zero-order chi connectivity index (χ0) is 17.7. The van der Waals surface area contributed by atoms with Crippen LogP contribution in [0.25, 0.3) is 6.08 Å². The Balaban J connectivity index is 1.64. The van der Waals surface area contributed by atoms with E-state index < -0.39 is 0 Å². The molecule has 136 valence electrons. The Bertz CT molecular complexity index is 602. The van der Waals surface area contributed by atoms with Crippen molar-refractivity contribution in [2.45, 2.75) is 31.7 Å².